The Morgan fingerprint density at radius 3 is 2.48 bits per heavy atom. The Bertz CT molecular complexity index is 697. The molecule has 4 bridgehead atoms. The number of hydrogen-bond donors (Lipinski definition) is 1. The minimum Gasteiger partial charge on any atom is -0.454 e. The Morgan fingerprint density at radius 1 is 1.11 bits per heavy atom. The Morgan fingerprint density at radius 2 is 1.78 bits per heavy atom. The molecule has 0 spiro atoms. The second-order valence-electron chi connectivity index (χ2n) is 9.55. The van der Waals surface area contributed by atoms with E-state index in [4.69, 9.17) is 9.47 Å². The van der Waals surface area contributed by atoms with Crippen LogP contribution in [0.1, 0.15) is 44.1 Å². The van der Waals surface area contributed by atoms with Gasteiger partial charge in [0.1, 0.15) is 0 Å². The lowest BCUT2D eigenvalue weighted by atomic mass is 9.49. The van der Waals surface area contributed by atoms with E-state index in [1.54, 1.807) is 0 Å². The fourth-order valence-corrected chi connectivity index (χ4v) is 6.66. The lowest BCUT2D eigenvalue weighted by molar-refractivity contribution is -0.123. The van der Waals surface area contributed by atoms with Crippen molar-refractivity contribution in [1.29, 1.82) is 0 Å². The van der Waals surface area contributed by atoms with Crippen LogP contribution in [0, 0.1) is 23.2 Å². The second-order valence-corrected chi connectivity index (χ2v) is 9.55. The monoisotopic (exact) mass is 370 g/mol. The lowest BCUT2D eigenvalue weighted by Crippen LogP contribution is -2.51. The van der Waals surface area contributed by atoms with E-state index in [-0.39, 0.29) is 12.7 Å². The van der Waals surface area contributed by atoms with E-state index in [0.29, 0.717) is 18.5 Å². The molecule has 0 radical (unpaired) electrons. The van der Waals surface area contributed by atoms with Gasteiger partial charge in [-0.05, 0) is 86.4 Å². The number of fused-ring (bicyclic) bond motifs is 1. The number of benzene rings is 1. The first-order chi connectivity index (χ1) is 13.1. The smallest absolute Gasteiger partial charge is 0.234 e. The van der Waals surface area contributed by atoms with E-state index in [9.17, 15) is 4.79 Å². The molecule has 1 amide bonds. The maximum atomic E-state index is 12.4. The summed E-state index contributed by atoms with van der Waals surface area (Å²) in [5.41, 5.74) is 1.53. The van der Waals surface area contributed by atoms with Crippen LogP contribution in [0.15, 0.2) is 18.2 Å². The molecule has 6 rings (SSSR count). The minimum atomic E-state index is 0.0971. The van der Waals surface area contributed by atoms with Gasteiger partial charge in [-0.3, -0.25) is 9.69 Å². The van der Waals surface area contributed by atoms with Gasteiger partial charge < -0.3 is 14.8 Å². The van der Waals surface area contributed by atoms with Crippen molar-refractivity contribution in [2.45, 2.75) is 45.1 Å². The van der Waals surface area contributed by atoms with Crippen LogP contribution in [-0.2, 0) is 11.3 Å². The Kier molecular flexibility index (Phi) is 4.30. The highest BCUT2D eigenvalue weighted by Crippen LogP contribution is 2.60. The van der Waals surface area contributed by atoms with Crippen molar-refractivity contribution < 1.29 is 14.3 Å². The van der Waals surface area contributed by atoms with Crippen LogP contribution in [0.3, 0.4) is 0 Å². The summed E-state index contributed by atoms with van der Waals surface area (Å²) in [4.78, 5) is 14.7. The van der Waals surface area contributed by atoms with E-state index >= 15 is 0 Å². The molecule has 1 aliphatic heterocycles. The van der Waals surface area contributed by atoms with Gasteiger partial charge in [0.05, 0.1) is 6.54 Å². The molecular weight excluding hydrogens is 340 g/mol. The molecule has 0 saturated heterocycles. The van der Waals surface area contributed by atoms with Crippen molar-refractivity contribution in [1.82, 2.24) is 10.2 Å². The highest BCUT2D eigenvalue weighted by Gasteiger charge is 2.51. The summed E-state index contributed by atoms with van der Waals surface area (Å²) in [6, 6.07) is 5.83. The van der Waals surface area contributed by atoms with Gasteiger partial charge in [-0.15, -0.1) is 0 Å². The summed E-state index contributed by atoms with van der Waals surface area (Å²) in [7, 11) is 2.11. The molecule has 27 heavy (non-hydrogen) atoms. The zero-order valence-electron chi connectivity index (χ0n) is 16.2. The molecule has 146 valence electrons. The molecule has 0 unspecified atom stereocenters. The average molecular weight is 370 g/mol. The van der Waals surface area contributed by atoms with Crippen LogP contribution in [0.4, 0.5) is 0 Å². The summed E-state index contributed by atoms with van der Waals surface area (Å²) in [6.07, 6.45) is 8.59. The third kappa shape index (κ3) is 3.54. The SMILES string of the molecule is CN(CC(=O)NCc1ccc2c(c1)OCO2)CC12CC3CC(CC(C3)C1)C2. The molecule has 1 heterocycles. The van der Waals surface area contributed by atoms with Crippen molar-refractivity contribution in [3.05, 3.63) is 23.8 Å². The molecule has 5 aliphatic rings. The molecule has 1 aromatic rings. The van der Waals surface area contributed by atoms with Crippen LogP contribution in [0.5, 0.6) is 11.5 Å². The zero-order chi connectivity index (χ0) is 18.4. The Labute approximate surface area is 161 Å². The topological polar surface area (TPSA) is 50.8 Å². The maximum absolute atomic E-state index is 12.4. The summed E-state index contributed by atoms with van der Waals surface area (Å²) in [5.74, 6) is 4.53. The number of likely N-dealkylation sites (N-methyl/N-ethyl adjacent to an activating group) is 1. The molecule has 5 nitrogen and oxygen atoms in total. The van der Waals surface area contributed by atoms with Gasteiger partial charge in [0.2, 0.25) is 12.7 Å². The number of rotatable bonds is 6. The number of hydrogen-bond acceptors (Lipinski definition) is 4. The maximum Gasteiger partial charge on any atom is 0.234 e. The number of nitrogens with one attached hydrogen (secondary N) is 1. The number of ether oxygens (including phenoxy) is 2. The molecule has 4 saturated carbocycles. The highest BCUT2D eigenvalue weighted by molar-refractivity contribution is 5.78. The van der Waals surface area contributed by atoms with Crippen LogP contribution in [0.2, 0.25) is 0 Å². The largest absolute Gasteiger partial charge is 0.454 e. The van der Waals surface area contributed by atoms with Gasteiger partial charge in [-0.25, -0.2) is 0 Å². The predicted molar refractivity (Wildman–Crippen MR) is 103 cm³/mol. The lowest BCUT2D eigenvalue weighted by Gasteiger charge is -2.57. The van der Waals surface area contributed by atoms with Crippen molar-refractivity contribution in [3.63, 3.8) is 0 Å². The first-order valence-corrected chi connectivity index (χ1v) is 10.4. The van der Waals surface area contributed by atoms with Gasteiger partial charge in [0.25, 0.3) is 0 Å². The fraction of sp³-hybridized carbons (Fsp3) is 0.682. The number of nitrogens with zero attached hydrogens (tertiary/aromatic N) is 1. The number of amides is 1. The van der Waals surface area contributed by atoms with Gasteiger partial charge >= 0.3 is 0 Å². The number of carbonyl (C=O) groups is 1. The highest BCUT2D eigenvalue weighted by atomic mass is 16.7. The minimum absolute atomic E-state index is 0.0971. The molecule has 0 atom stereocenters. The quantitative estimate of drug-likeness (QED) is 0.836. The zero-order valence-corrected chi connectivity index (χ0v) is 16.2. The van der Waals surface area contributed by atoms with Gasteiger partial charge in [-0.1, -0.05) is 6.07 Å². The van der Waals surface area contributed by atoms with E-state index in [2.05, 4.69) is 17.3 Å². The van der Waals surface area contributed by atoms with Crippen LogP contribution >= 0.6 is 0 Å². The molecule has 1 aromatic carbocycles. The van der Waals surface area contributed by atoms with Gasteiger partial charge in [0, 0.05) is 13.1 Å². The van der Waals surface area contributed by atoms with Gasteiger partial charge in [0.15, 0.2) is 11.5 Å². The van der Waals surface area contributed by atoms with Crippen LogP contribution in [0.25, 0.3) is 0 Å². The van der Waals surface area contributed by atoms with Crippen molar-refractivity contribution in [2.24, 2.45) is 23.2 Å². The number of carbonyl (C=O) groups excluding carboxylic acids is 1. The van der Waals surface area contributed by atoms with Crippen LogP contribution < -0.4 is 14.8 Å². The van der Waals surface area contributed by atoms with Crippen LogP contribution in [-0.4, -0.2) is 37.7 Å². The first kappa shape index (κ1) is 17.4. The summed E-state index contributed by atoms with van der Waals surface area (Å²) in [6.45, 7) is 2.36. The summed E-state index contributed by atoms with van der Waals surface area (Å²) < 4.78 is 10.7. The predicted octanol–water partition coefficient (Wildman–Crippen LogP) is 3.18. The first-order valence-electron chi connectivity index (χ1n) is 10.4. The molecule has 5 heteroatoms. The molecule has 1 N–H and O–H groups in total. The van der Waals surface area contributed by atoms with Crippen molar-refractivity contribution in [3.8, 4) is 11.5 Å². The molecule has 4 aliphatic carbocycles. The fourth-order valence-electron chi connectivity index (χ4n) is 6.66. The molecule has 0 aromatic heterocycles. The summed E-state index contributed by atoms with van der Waals surface area (Å²) in [5, 5.41) is 3.05. The Balaban J connectivity index is 1.12. The van der Waals surface area contributed by atoms with E-state index in [1.807, 2.05) is 18.2 Å². The van der Waals surface area contributed by atoms with Crippen molar-refractivity contribution in [2.75, 3.05) is 26.9 Å². The standard InChI is InChI=1S/C22H30N2O3/c1-24(13-22-8-16-4-17(9-22)6-18(5-16)10-22)12-21(25)23-11-15-2-3-19-20(7-15)27-14-26-19/h2-3,7,16-18H,4-6,8-14H2,1H3,(H,23,25). The van der Waals surface area contributed by atoms with E-state index in [0.717, 1.165) is 41.4 Å². The normalized spacial score (nSPS) is 32.9. The van der Waals surface area contributed by atoms with Crippen molar-refractivity contribution >= 4 is 5.91 Å². The van der Waals surface area contributed by atoms with E-state index in [1.165, 1.54) is 38.5 Å². The van der Waals surface area contributed by atoms with Gasteiger partial charge in [-0.2, -0.15) is 0 Å². The third-order valence-electron chi connectivity index (χ3n) is 7.11. The average Bonchev–Trinajstić information content (AvgIpc) is 3.05. The second kappa shape index (κ2) is 6.69. The molecular formula is C22H30N2O3. The Hall–Kier alpha value is -1.75. The molecule has 4 fully saturated rings. The van der Waals surface area contributed by atoms with E-state index < -0.39 is 0 Å². The summed E-state index contributed by atoms with van der Waals surface area (Å²) >= 11 is 0. The third-order valence-corrected chi connectivity index (χ3v) is 7.11.